The van der Waals surface area contributed by atoms with Gasteiger partial charge in [0.05, 0.1) is 0 Å². The van der Waals surface area contributed by atoms with Crippen molar-refractivity contribution in [3.05, 3.63) is 35.4 Å². The number of rotatable bonds is 7. The molecule has 0 aliphatic rings. The van der Waals surface area contributed by atoms with Crippen molar-refractivity contribution in [3.63, 3.8) is 0 Å². The van der Waals surface area contributed by atoms with Crippen LogP contribution in [0.2, 0.25) is 0 Å². The Bertz CT molecular complexity index is 685. The predicted octanol–water partition coefficient (Wildman–Crippen LogP) is 1.53. The number of benzene rings is 1. The fourth-order valence-corrected chi connectivity index (χ4v) is 2.15. The molecular formula is C19H27N3O5. The SMILES string of the molecule is CCNC(=O)NC(=O)[C@@H](C)OC(=O)[C@H](NC(=O)c1ccc(C)cc1)C(C)C. The zero-order chi connectivity index (χ0) is 20.6. The van der Waals surface area contributed by atoms with E-state index >= 15 is 0 Å². The molecule has 0 aliphatic heterocycles. The van der Waals surface area contributed by atoms with Crippen LogP contribution in [-0.4, -0.2) is 42.5 Å². The van der Waals surface area contributed by atoms with Crippen LogP contribution in [0.5, 0.6) is 0 Å². The van der Waals surface area contributed by atoms with Crippen LogP contribution in [-0.2, 0) is 14.3 Å². The van der Waals surface area contributed by atoms with Crippen molar-refractivity contribution >= 4 is 23.8 Å². The first kappa shape index (κ1) is 22.1. The Morgan fingerprint density at radius 3 is 2.15 bits per heavy atom. The van der Waals surface area contributed by atoms with E-state index in [1.54, 1.807) is 45.0 Å². The fourth-order valence-electron chi connectivity index (χ4n) is 2.15. The Kier molecular flexibility index (Phi) is 8.44. The third kappa shape index (κ3) is 7.08. The highest BCUT2D eigenvalue weighted by atomic mass is 16.5. The predicted molar refractivity (Wildman–Crippen MR) is 100 cm³/mol. The van der Waals surface area contributed by atoms with Crippen molar-refractivity contribution in [3.8, 4) is 0 Å². The van der Waals surface area contributed by atoms with Gasteiger partial charge in [0.1, 0.15) is 6.04 Å². The highest BCUT2D eigenvalue weighted by Gasteiger charge is 2.29. The molecule has 0 bridgehead atoms. The largest absolute Gasteiger partial charge is 0.451 e. The first-order chi connectivity index (χ1) is 12.6. The number of imide groups is 1. The molecule has 0 heterocycles. The van der Waals surface area contributed by atoms with Gasteiger partial charge in [-0.3, -0.25) is 14.9 Å². The second-order valence-corrected chi connectivity index (χ2v) is 6.49. The molecule has 2 atom stereocenters. The van der Waals surface area contributed by atoms with Crippen LogP contribution in [0.1, 0.15) is 43.6 Å². The molecule has 0 fully saturated rings. The average Bonchev–Trinajstić information content (AvgIpc) is 2.59. The van der Waals surface area contributed by atoms with Crippen molar-refractivity contribution < 1.29 is 23.9 Å². The van der Waals surface area contributed by atoms with E-state index in [0.29, 0.717) is 12.1 Å². The van der Waals surface area contributed by atoms with Crippen LogP contribution in [0, 0.1) is 12.8 Å². The lowest BCUT2D eigenvalue weighted by Gasteiger charge is -2.23. The van der Waals surface area contributed by atoms with Gasteiger partial charge in [0.15, 0.2) is 6.10 Å². The van der Waals surface area contributed by atoms with Gasteiger partial charge >= 0.3 is 12.0 Å². The third-order valence-electron chi connectivity index (χ3n) is 3.76. The van der Waals surface area contributed by atoms with Gasteiger partial charge in [0, 0.05) is 12.1 Å². The molecule has 27 heavy (non-hydrogen) atoms. The van der Waals surface area contributed by atoms with Gasteiger partial charge in [-0.15, -0.1) is 0 Å². The summed E-state index contributed by atoms with van der Waals surface area (Å²) in [7, 11) is 0. The van der Waals surface area contributed by atoms with E-state index in [2.05, 4.69) is 16.0 Å². The van der Waals surface area contributed by atoms with E-state index in [0.717, 1.165) is 5.56 Å². The minimum absolute atomic E-state index is 0.259. The molecule has 0 unspecified atom stereocenters. The summed E-state index contributed by atoms with van der Waals surface area (Å²) in [6.45, 7) is 8.82. The number of urea groups is 1. The van der Waals surface area contributed by atoms with Crippen LogP contribution in [0.25, 0.3) is 0 Å². The summed E-state index contributed by atoms with van der Waals surface area (Å²) in [5, 5.41) is 7.11. The summed E-state index contributed by atoms with van der Waals surface area (Å²) >= 11 is 0. The van der Waals surface area contributed by atoms with E-state index < -0.39 is 36.0 Å². The number of hydrogen-bond donors (Lipinski definition) is 3. The first-order valence-electron chi connectivity index (χ1n) is 8.82. The monoisotopic (exact) mass is 377 g/mol. The summed E-state index contributed by atoms with van der Waals surface area (Å²) in [6.07, 6.45) is -1.18. The molecule has 1 rings (SSSR count). The summed E-state index contributed by atoms with van der Waals surface area (Å²) in [5.74, 6) is -2.17. The second kappa shape index (κ2) is 10.3. The summed E-state index contributed by atoms with van der Waals surface area (Å²) < 4.78 is 5.12. The van der Waals surface area contributed by atoms with E-state index in [4.69, 9.17) is 4.74 Å². The molecule has 1 aromatic rings. The Balaban J connectivity index is 2.72. The molecule has 148 valence electrons. The molecule has 4 amide bonds. The lowest BCUT2D eigenvalue weighted by atomic mass is 10.0. The van der Waals surface area contributed by atoms with Crippen LogP contribution in [0.15, 0.2) is 24.3 Å². The van der Waals surface area contributed by atoms with Crippen molar-refractivity contribution in [1.82, 2.24) is 16.0 Å². The summed E-state index contributed by atoms with van der Waals surface area (Å²) in [6, 6.07) is 5.32. The molecule has 0 radical (unpaired) electrons. The normalized spacial score (nSPS) is 12.7. The molecule has 0 aliphatic carbocycles. The zero-order valence-electron chi connectivity index (χ0n) is 16.3. The smallest absolute Gasteiger partial charge is 0.329 e. The summed E-state index contributed by atoms with van der Waals surface area (Å²) in [4.78, 5) is 48.0. The number of carbonyl (C=O) groups is 4. The molecule has 0 aromatic heterocycles. The van der Waals surface area contributed by atoms with E-state index in [1.807, 2.05) is 6.92 Å². The number of ether oxygens (including phenoxy) is 1. The number of aryl methyl sites for hydroxylation is 1. The van der Waals surface area contributed by atoms with Gasteiger partial charge in [-0.1, -0.05) is 31.5 Å². The molecule has 0 saturated carbocycles. The van der Waals surface area contributed by atoms with E-state index in [-0.39, 0.29) is 5.92 Å². The maximum absolute atomic E-state index is 12.4. The standard InChI is InChI=1S/C19H27N3O5/c1-6-20-19(26)22-16(23)13(5)27-18(25)15(11(2)3)21-17(24)14-9-7-12(4)8-10-14/h7-11,13,15H,6H2,1-5H3,(H,21,24)(H2,20,22,23,26)/t13-,15-/m1/s1. The van der Waals surface area contributed by atoms with Crippen molar-refractivity contribution in [2.45, 2.75) is 46.8 Å². The highest BCUT2D eigenvalue weighted by Crippen LogP contribution is 2.09. The lowest BCUT2D eigenvalue weighted by Crippen LogP contribution is -2.49. The fraction of sp³-hybridized carbons (Fsp3) is 0.474. The maximum Gasteiger partial charge on any atom is 0.329 e. The Hall–Kier alpha value is -2.90. The molecule has 0 saturated heterocycles. The topological polar surface area (TPSA) is 114 Å². The van der Waals surface area contributed by atoms with E-state index in [9.17, 15) is 19.2 Å². The highest BCUT2D eigenvalue weighted by molar-refractivity contribution is 5.98. The first-order valence-corrected chi connectivity index (χ1v) is 8.82. The van der Waals surface area contributed by atoms with Gasteiger partial charge in [-0.25, -0.2) is 9.59 Å². The van der Waals surface area contributed by atoms with Gasteiger partial charge in [0.25, 0.3) is 11.8 Å². The van der Waals surface area contributed by atoms with Crippen LogP contribution >= 0.6 is 0 Å². The molecule has 3 N–H and O–H groups in total. The van der Waals surface area contributed by atoms with Crippen LogP contribution < -0.4 is 16.0 Å². The van der Waals surface area contributed by atoms with Gasteiger partial charge in [0.2, 0.25) is 0 Å². The van der Waals surface area contributed by atoms with Crippen molar-refractivity contribution in [1.29, 1.82) is 0 Å². The maximum atomic E-state index is 12.4. The van der Waals surface area contributed by atoms with Crippen LogP contribution in [0.3, 0.4) is 0 Å². The molecular weight excluding hydrogens is 350 g/mol. The van der Waals surface area contributed by atoms with Crippen molar-refractivity contribution in [2.75, 3.05) is 6.54 Å². The number of esters is 1. The van der Waals surface area contributed by atoms with Crippen molar-refractivity contribution in [2.24, 2.45) is 5.92 Å². The molecule has 0 spiro atoms. The summed E-state index contributed by atoms with van der Waals surface area (Å²) in [5.41, 5.74) is 1.43. The number of hydrogen-bond acceptors (Lipinski definition) is 5. The third-order valence-corrected chi connectivity index (χ3v) is 3.76. The van der Waals surface area contributed by atoms with Gasteiger partial charge < -0.3 is 15.4 Å². The Labute approximate surface area is 159 Å². The number of carbonyl (C=O) groups excluding carboxylic acids is 4. The van der Waals surface area contributed by atoms with Gasteiger partial charge in [-0.05, 0) is 38.8 Å². The minimum atomic E-state index is -1.18. The average molecular weight is 377 g/mol. The van der Waals surface area contributed by atoms with Gasteiger partial charge in [-0.2, -0.15) is 0 Å². The number of nitrogens with one attached hydrogen (secondary N) is 3. The van der Waals surface area contributed by atoms with E-state index in [1.165, 1.54) is 6.92 Å². The lowest BCUT2D eigenvalue weighted by molar-refractivity contribution is -0.157. The molecule has 8 nitrogen and oxygen atoms in total. The Morgan fingerprint density at radius 1 is 1.04 bits per heavy atom. The number of amides is 4. The zero-order valence-corrected chi connectivity index (χ0v) is 16.3. The molecule has 1 aromatic carbocycles. The Morgan fingerprint density at radius 2 is 1.63 bits per heavy atom. The molecule has 8 heteroatoms. The second-order valence-electron chi connectivity index (χ2n) is 6.49. The minimum Gasteiger partial charge on any atom is -0.451 e. The van der Waals surface area contributed by atoms with Crippen LogP contribution in [0.4, 0.5) is 4.79 Å². The quantitative estimate of drug-likeness (QED) is 0.624.